The molecule has 0 unspecified atom stereocenters. The molecular weight excluding hydrogens is 190 g/mol. The van der Waals surface area contributed by atoms with E-state index >= 15 is 0 Å². The van der Waals surface area contributed by atoms with E-state index in [1.165, 1.54) is 12.8 Å². The van der Waals surface area contributed by atoms with Crippen molar-refractivity contribution in [2.45, 2.75) is 38.1 Å². The molecule has 82 valence electrons. The van der Waals surface area contributed by atoms with Crippen molar-refractivity contribution in [2.24, 2.45) is 0 Å². The molecule has 1 aliphatic rings. The zero-order chi connectivity index (χ0) is 10.7. The maximum absolute atomic E-state index is 9.07. The maximum atomic E-state index is 9.07. The maximum Gasteiger partial charge on any atom is 0.133 e. The van der Waals surface area contributed by atoms with E-state index in [1.54, 1.807) is 6.20 Å². The monoisotopic (exact) mass is 207 g/mol. The number of hydrogen-bond donors (Lipinski definition) is 2. The lowest BCUT2D eigenvalue weighted by atomic mass is 10.2. The van der Waals surface area contributed by atoms with E-state index < -0.39 is 0 Å². The number of anilines is 1. The van der Waals surface area contributed by atoms with E-state index in [1.807, 2.05) is 13.0 Å². The van der Waals surface area contributed by atoms with Crippen LogP contribution in [0.5, 0.6) is 0 Å². The fourth-order valence-corrected chi connectivity index (χ4v) is 1.48. The van der Waals surface area contributed by atoms with Crippen molar-refractivity contribution in [1.29, 1.82) is 0 Å². The third-order valence-electron chi connectivity index (χ3n) is 2.68. The lowest BCUT2D eigenvalue weighted by Gasteiger charge is -2.14. The van der Waals surface area contributed by atoms with E-state index in [9.17, 15) is 0 Å². The van der Waals surface area contributed by atoms with Gasteiger partial charge in [-0.2, -0.15) is 0 Å². The van der Waals surface area contributed by atoms with Gasteiger partial charge in [0.15, 0.2) is 0 Å². The highest BCUT2D eigenvalue weighted by Gasteiger charge is 2.26. The van der Waals surface area contributed by atoms with Crippen molar-refractivity contribution in [3.63, 3.8) is 0 Å². The van der Waals surface area contributed by atoms with Crippen molar-refractivity contribution in [2.75, 3.05) is 11.9 Å². The minimum atomic E-state index is 0.0898. The molecule has 1 atom stereocenters. The molecule has 0 aliphatic heterocycles. The Morgan fingerprint density at radius 1 is 1.60 bits per heavy atom. The molecule has 0 bridgehead atoms. The minimum Gasteiger partial charge on any atom is -0.394 e. The van der Waals surface area contributed by atoms with Crippen LogP contribution in [-0.4, -0.2) is 27.7 Å². The van der Waals surface area contributed by atoms with Gasteiger partial charge in [-0.25, -0.2) is 9.97 Å². The van der Waals surface area contributed by atoms with Gasteiger partial charge in [-0.3, -0.25) is 0 Å². The third kappa shape index (κ3) is 2.65. The summed E-state index contributed by atoms with van der Waals surface area (Å²) in [7, 11) is 0. The Morgan fingerprint density at radius 2 is 2.40 bits per heavy atom. The predicted molar refractivity (Wildman–Crippen MR) is 58.8 cm³/mol. The summed E-state index contributed by atoms with van der Waals surface area (Å²) in [5, 5.41) is 12.3. The van der Waals surface area contributed by atoms with Crippen LogP contribution in [0.2, 0.25) is 0 Å². The van der Waals surface area contributed by atoms with Crippen LogP contribution in [-0.2, 0) is 0 Å². The van der Waals surface area contributed by atoms with Crippen LogP contribution >= 0.6 is 0 Å². The second-order valence-electron chi connectivity index (χ2n) is 4.01. The average molecular weight is 207 g/mol. The largest absolute Gasteiger partial charge is 0.394 e. The number of aromatic nitrogens is 2. The van der Waals surface area contributed by atoms with E-state index in [0.29, 0.717) is 5.92 Å². The lowest BCUT2D eigenvalue weighted by molar-refractivity contribution is 0.271. The minimum absolute atomic E-state index is 0.0898. The van der Waals surface area contributed by atoms with Crippen LogP contribution in [0.1, 0.15) is 37.9 Å². The van der Waals surface area contributed by atoms with E-state index in [0.717, 1.165) is 18.1 Å². The van der Waals surface area contributed by atoms with Crippen LogP contribution in [0.25, 0.3) is 0 Å². The summed E-state index contributed by atoms with van der Waals surface area (Å²) in [5.74, 6) is 2.33. The number of nitrogens with one attached hydrogen (secondary N) is 1. The van der Waals surface area contributed by atoms with Gasteiger partial charge in [-0.1, -0.05) is 6.92 Å². The molecule has 1 aromatic rings. The molecule has 2 N–H and O–H groups in total. The van der Waals surface area contributed by atoms with Crippen LogP contribution in [0, 0.1) is 0 Å². The smallest absolute Gasteiger partial charge is 0.133 e. The molecule has 1 fully saturated rings. The molecule has 0 aromatic carbocycles. The van der Waals surface area contributed by atoms with Crippen molar-refractivity contribution in [3.8, 4) is 0 Å². The van der Waals surface area contributed by atoms with Gasteiger partial charge in [-0.05, 0) is 25.3 Å². The third-order valence-corrected chi connectivity index (χ3v) is 2.68. The Bertz CT molecular complexity index is 321. The van der Waals surface area contributed by atoms with Crippen LogP contribution in [0.4, 0.5) is 5.82 Å². The summed E-state index contributed by atoms with van der Waals surface area (Å²) in [5.41, 5.74) is 0. The molecule has 4 nitrogen and oxygen atoms in total. The summed E-state index contributed by atoms with van der Waals surface area (Å²) in [6.45, 7) is 2.18. The van der Waals surface area contributed by atoms with Crippen LogP contribution in [0.3, 0.4) is 0 Å². The van der Waals surface area contributed by atoms with Crippen molar-refractivity contribution < 1.29 is 5.11 Å². The Labute approximate surface area is 89.8 Å². The fraction of sp³-hybridized carbons (Fsp3) is 0.636. The first-order valence-electron chi connectivity index (χ1n) is 5.53. The number of rotatable bonds is 5. The number of aliphatic hydroxyl groups excluding tert-OH is 1. The molecule has 15 heavy (non-hydrogen) atoms. The predicted octanol–water partition coefficient (Wildman–Crippen LogP) is 1.54. The molecule has 0 amide bonds. The Balaban J connectivity index is 2.03. The molecule has 1 aromatic heterocycles. The standard InChI is InChI=1S/C11H17N3O/c1-2-9(7-15)13-10-5-6-12-11(14-10)8-3-4-8/h5-6,8-9,15H,2-4,7H2,1H3,(H,12,13,14)/t9-/m0/s1. The zero-order valence-corrected chi connectivity index (χ0v) is 8.98. The molecule has 2 rings (SSSR count). The normalized spacial score (nSPS) is 17.5. The molecule has 4 heteroatoms. The van der Waals surface area contributed by atoms with Crippen molar-refractivity contribution in [1.82, 2.24) is 9.97 Å². The fourth-order valence-electron chi connectivity index (χ4n) is 1.48. The number of hydrogen-bond acceptors (Lipinski definition) is 4. The first-order valence-corrected chi connectivity index (χ1v) is 5.53. The van der Waals surface area contributed by atoms with Gasteiger partial charge in [0.25, 0.3) is 0 Å². The second kappa shape index (κ2) is 4.57. The molecule has 1 heterocycles. The Kier molecular flexibility index (Phi) is 3.16. The highest BCUT2D eigenvalue weighted by atomic mass is 16.3. The lowest BCUT2D eigenvalue weighted by Crippen LogP contribution is -2.23. The first-order chi connectivity index (χ1) is 7.33. The first kappa shape index (κ1) is 10.4. The van der Waals surface area contributed by atoms with Crippen LogP contribution < -0.4 is 5.32 Å². The molecule has 0 saturated heterocycles. The van der Waals surface area contributed by atoms with Gasteiger partial charge in [-0.15, -0.1) is 0 Å². The van der Waals surface area contributed by atoms with Gasteiger partial charge in [0, 0.05) is 12.1 Å². The molecule has 0 radical (unpaired) electrons. The summed E-state index contributed by atoms with van der Waals surface area (Å²) >= 11 is 0. The Morgan fingerprint density at radius 3 is 3.00 bits per heavy atom. The van der Waals surface area contributed by atoms with Gasteiger partial charge < -0.3 is 10.4 Å². The average Bonchev–Trinajstić information content (AvgIpc) is 3.10. The summed E-state index contributed by atoms with van der Waals surface area (Å²) in [6, 6.07) is 1.94. The molecule has 0 spiro atoms. The SMILES string of the molecule is CC[C@@H](CO)Nc1ccnc(C2CC2)n1. The summed E-state index contributed by atoms with van der Waals surface area (Å²) < 4.78 is 0. The summed E-state index contributed by atoms with van der Waals surface area (Å²) in [6.07, 6.45) is 5.09. The highest BCUT2D eigenvalue weighted by Crippen LogP contribution is 2.38. The highest BCUT2D eigenvalue weighted by molar-refractivity contribution is 5.35. The van der Waals surface area contributed by atoms with Crippen molar-refractivity contribution >= 4 is 5.82 Å². The van der Waals surface area contributed by atoms with E-state index in [2.05, 4.69) is 15.3 Å². The van der Waals surface area contributed by atoms with Gasteiger partial charge in [0.1, 0.15) is 11.6 Å². The van der Waals surface area contributed by atoms with Gasteiger partial charge >= 0.3 is 0 Å². The zero-order valence-electron chi connectivity index (χ0n) is 8.98. The quantitative estimate of drug-likeness (QED) is 0.769. The summed E-state index contributed by atoms with van der Waals surface area (Å²) in [4.78, 5) is 8.68. The van der Waals surface area contributed by atoms with E-state index in [-0.39, 0.29) is 12.6 Å². The van der Waals surface area contributed by atoms with Crippen LogP contribution in [0.15, 0.2) is 12.3 Å². The van der Waals surface area contributed by atoms with Gasteiger partial charge in [0.2, 0.25) is 0 Å². The topological polar surface area (TPSA) is 58.0 Å². The van der Waals surface area contributed by atoms with E-state index in [4.69, 9.17) is 5.11 Å². The second-order valence-corrected chi connectivity index (χ2v) is 4.01. The van der Waals surface area contributed by atoms with Crippen molar-refractivity contribution in [3.05, 3.63) is 18.1 Å². The van der Waals surface area contributed by atoms with Gasteiger partial charge in [0.05, 0.1) is 12.6 Å². The molecular formula is C11H17N3O. The molecule has 1 saturated carbocycles. The number of nitrogens with zero attached hydrogens (tertiary/aromatic N) is 2. The Hall–Kier alpha value is -1.16. The molecule has 1 aliphatic carbocycles. The number of aliphatic hydroxyl groups is 1.